The van der Waals surface area contributed by atoms with Crippen LogP contribution in [-0.2, 0) is 11.2 Å². The van der Waals surface area contributed by atoms with Gasteiger partial charge in [0.25, 0.3) is 0 Å². The van der Waals surface area contributed by atoms with Crippen molar-refractivity contribution in [2.45, 2.75) is 18.9 Å². The fraction of sp³-hybridized carbons (Fsp3) is 0.385. The van der Waals surface area contributed by atoms with E-state index in [2.05, 4.69) is 10.2 Å². The average Bonchev–Trinajstić information content (AvgIpc) is 2.99. The smallest absolute Gasteiger partial charge is 0.343 e. The number of rotatable bonds is 3. The average molecular weight is 260 g/mol. The van der Waals surface area contributed by atoms with Crippen LogP contribution in [-0.4, -0.2) is 28.0 Å². The van der Waals surface area contributed by atoms with E-state index in [1.54, 1.807) is 4.57 Å². The van der Waals surface area contributed by atoms with E-state index in [0.29, 0.717) is 25.3 Å². The molecule has 1 fully saturated rings. The molecule has 1 saturated heterocycles. The first-order valence-corrected chi connectivity index (χ1v) is 6.32. The summed E-state index contributed by atoms with van der Waals surface area (Å²) < 4.78 is 7.04. The van der Waals surface area contributed by atoms with Crippen LogP contribution in [0.25, 0.3) is 0 Å². The number of hydrogen-bond acceptors (Lipinski definition) is 4. The lowest BCUT2D eigenvalue weighted by molar-refractivity contribution is 0.185. The Morgan fingerprint density at radius 2 is 2.42 bits per heavy atom. The maximum absolute atomic E-state index is 11.8. The summed E-state index contributed by atoms with van der Waals surface area (Å²) in [6.45, 7) is 1.27. The number of hydrogen-bond donors (Lipinski definition) is 2. The zero-order valence-electron chi connectivity index (χ0n) is 10.5. The fourth-order valence-corrected chi connectivity index (χ4v) is 2.45. The highest BCUT2D eigenvalue weighted by atomic mass is 16.5. The number of nitrogens with one attached hydrogen (secondary N) is 1. The standard InChI is InChI=1S/C13H16N4O2/c14-10-3-1-2-9(6-10)7-12-15-16-13(18)17(12)11-4-5-19-8-11/h1-3,6,11H,4-5,7-8,14H2,(H,16,18). The summed E-state index contributed by atoms with van der Waals surface area (Å²) in [7, 11) is 0. The summed E-state index contributed by atoms with van der Waals surface area (Å²) in [6.07, 6.45) is 1.43. The van der Waals surface area contributed by atoms with Crippen LogP contribution < -0.4 is 11.4 Å². The normalized spacial score (nSPS) is 18.8. The van der Waals surface area contributed by atoms with Crippen molar-refractivity contribution in [1.29, 1.82) is 0 Å². The molecule has 0 bridgehead atoms. The molecule has 3 N–H and O–H groups in total. The van der Waals surface area contributed by atoms with Crippen LogP contribution in [0.4, 0.5) is 5.69 Å². The predicted octanol–water partition coefficient (Wildman–Crippen LogP) is 0.706. The Morgan fingerprint density at radius 3 is 3.16 bits per heavy atom. The Morgan fingerprint density at radius 1 is 1.53 bits per heavy atom. The van der Waals surface area contributed by atoms with Gasteiger partial charge < -0.3 is 10.5 Å². The van der Waals surface area contributed by atoms with Gasteiger partial charge in [0, 0.05) is 18.7 Å². The van der Waals surface area contributed by atoms with Gasteiger partial charge >= 0.3 is 5.69 Å². The number of ether oxygens (including phenoxy) is 1. The summed E-state index contributed by atoms with van der Waals surface area (Å²) in [6, 6.07) is 7.70. The molecule has 2 aromatic rings. The number of aromatic nitrogens is 3. The lowest BCUT2D eigenvalue weighted by Gasteiger charge is -2.11. The third kappa shape index (κ3) is 2.39. The molecule has 1 aromatic heterocycles. The highest BCUT2D eigenvalue weighted by Gasteiger charge is 2.22. The maximum Gasteiger partial charge on any atom is 0.343 e. The zero-order chi connectivity index (χ0) is 13.2. The molecule has 0 aliphatic carbocycles. The van der Waals surface area contributed by atoms with Gasteiger partial charge in [-0.3, -0.25) is 4.57 Å². The number of aromatic amines is 1. The summed E-state index contributed by atoms with van der Waals surface area (Å²) in [5.41, 5.74) is 7.34. The van der Waals surface area contributed by atoms with Crippen LogP contribution in [0, 0.1) is 0 Å². The SMILES string of the molecule is Nc1cccc(Cc2n[nH]c(=O)n2C2CCOC2)c1. The Labute approximate surface area is 110 Å². The van der Waals surface area contributed by atoms with Crippen molar-refractivity contribution in [3.8, 4) is 0 Å². The number of nitrogen functional groups attached to an aromatic ring is 1. The minimum atomic E-state index is -0.172. The van der Waals surface area contributed by atoms with E-state index in [1.807, 2.05) is 24.3 Å². The van der Waals surface area contributed by atoms with Gasteiger partial charge in [0.2, 0.25) is 0 Å². The van der Waals surface area contributed by atoms with Crippen LogP contribution in [0.15, 0.2) is 29.1 Å². The highest BCUT2D eigenvalue weighted by Crippen LogP contribution is 2.19. The van der Waals surface area contributed by atoms with Gasteiger partial charge in [-0.15, -0.1) is 0 Å². The molecule has 2 heterocycles. The second-order valence-corrected chi connectivity index (χ2v) is 4.75. The minimum absolute atomic E-state index is 0.0855. The van der Waals surface area contributed by atoms with Crippen LogP contribution in [0.3, 0.4) is 0 Å². The van der Waals surface area contributed by atoms with Crippen molar-refractivity contribution in [3.05, 3.63) is 46.1 Å². The third-order valence-corrected chi connectivity index (χ3v) is 3.36. The lowest BCUT2D eigenvalue weighted by Crippen LogP contribution is -2.24. The first kappa shape index (κ1) is 12.0. The van der Waals surface area contributed by atoms with Gasteiger partial charge in [0.15, 0.2) is 0 Å². The molecule has 1 aliphatic heterocycles. The molecule has 1 unspecified atom stereocenters. The first-order chi connectivity index (χ1) is 9.24. The van der Waals surface area contributed by atoms with E-state index >= 15 is 0 Å². The first-order valence-electron chi connectivity index (χ1n) is 6.32. The molecule has 100 valence electrons. The Bertz CT molecular complexity index is 626. The highest BCUT2D eigenvalue weighted by molar-refractivity contribution is 5.41. The van der Waals surface area contributed by atoms with E-state index in [4.69, 9.17) is 10.5 Å². The zero-order valence-corrected chi connectivity index (χ0v) is 10.5. The molecule has 19 heavy (non-hydrogen) atoms. The largest absolute Gasteiger partial charge is 0.399 e. The molecule has 6 nitrogen and oxygen atoms in total. The Kier molecular flexibility index (Phi) is 3.08. The van der Waals surface area contributed by atoms with E-state index < -0.39 is 0 Å². The maximum atomic E-state index is 11.8. The van der Waals surface area contributed by atoms with Crippen molar-refractivity contribution in [1.82, 2.24) is 14.8 Å². The topological polar surface area (TPSA) is 85.9 Å². The van der Waals surface area contributed by atoms with Gasteiger partial charge in [-0.1, -0.05) is 12.1 Å². The quantitative estimate of drug-likeness (QED) is 0.796. The van der Waals surface area contributed by atoms with Crippen LogP contribution in [0.2, 0.25) is 0 Å². The second kappa shape index (κ2) is 4.89. The predicted molar refractivity (Wildman–Crippen MR) is 71.0 cm³/mol. The Hall–Kier alpha value is -2.08. The number of nitrogens with zero attached hydrogens (tertiary/aromatic N) is 2. The second-order valence-electron chi connectivity index (χ2n) is 4.75. The van der Waals surface area contributed by atoms with Gasteiger partial charge in [-0.2, -0.15) is 5.10 Å². The summed E-state index contributed by atoms with van der Waals surface area (Å²) >= 11 is 0. The molecule has 1 atom stereocenters. The molecule has 1 aromatic carbocycles. The fourth-order valence-electron chi connectivity index (χ4n) is 2.45. The van der Waals surface area contributed by atoms with Crippen LogP contribution in [0.1, 0.15) is 23.9 Å². The van der Waals surface area contributed by atoms with Crippen molar-refractivity contribution in [2.24, 2.45) is 0 Å². The monoisotopic (exact) mass is 260 g/mol. The molecular weight excluding hydrogens is 244 g/mol. The lowest BCUT2D eigenvalue weighted by atomic mass is 10.1. The number of H-pyrrole nitrogens is 1. The van der Waals surface area contributed by atoms with Crippen molar-refractivity contribution < 1.29 is 4.74 Å². The summed E-state index contributed by atoms with van der Waals surface area (Å²) in [5.74, 6) is 0.728. The van der Waals surface area contributed by atoms with Crippen molar-refractivity contribution in [2.75, 3.05) is 18.9 Å². The van der Waals surface area contributed by atoms with Crippen molar-refractivity contribution in [3.63, 3.8) is 0 Å². The van der Waals surface area contributed by atoms with Crippen molar-refractivity contribution >= 4 is 5.69 Å². The molecule has 3 rings (SSSR count). The minimum Gasteiger partial charge on any atom is -0.399 e. The van der Waals surface area contributed by atoms with Gasteiger partial charge in [-0.25, -0.2) is 9.89 Å². The molecular formula is C13H16N4O2. The van der Waals surface area contributed by atoms with Crippen LogP contribution in [0.5, 0.6) is 0 Å². The molecule has 0 spiro atoms. The van der Waals surface area contributed by atoms with Gasteiger partial charge in [-0.05, 0) is 24.1 Å². The van der Waals surface area contributed by atoms with E-state index in [1.165, 1.54) is 0 Å². The Balaban J connectivity index is 1.91. The molecule has 6 heteroatoms. The number of anilines is 1. The number of nitrogens with two attached hydrogens (primary N) is 1. The van der Waals surface area contributed by atoms with E-state index in [-0.39, 0.29) is 11.7 Å². The summed E-state index contributed by atoms with van der Waals surface area (Å²) in [4.78, 5) is 11.8. The van der Waals surface area contributed by atoms with E-state index in [0.717, 1.165) is 17.8 Å². The molecule has 1 aliphatic rings. The third-order valence-electron chi connectivity index (χ3n) is 3.36. The number of benzene rings is 1. The summed E-state index contributed by atoms with van der Waals surface area (Å²) in [5, 5.41) is 6.63. The molecule has 0 saturated carbocycles. The van der Waals surface area contributed by atoms with Gasteiger partial charge in [0.05, 0.1) is 12.6 Å². The van der Waals surface area contributed by atoms with Crippen LogP contribution >= 0.6 is 0 Å². The van der Waals surface area contributed by atoms with E-state index in [9.17, 15) is 4.79 Å². The molecule has 0 radical (unpaired) electrons. The van der Waals surface area contributed by atoms with Gasteiger partial charge in [0.1, 0.15) is 5.82 Å². The molecule has 0 amide bonds.